The highest BCUT2D eigenvalue weighted by Gasteiger charge is 2.21. The second kappa shape index (κ2) is 6.78. The SMILES string of the molecule is Cc1ncc(-c2ccccc(=O)c2OC(=O)OC(C)(C)C)c(C)n1. The van der Waals surface area contributed by atoms with Crippen LogP contribution in [0.15, 0.2) is 35.3 Å². The van der Waals surface area contributed by atoms with Gasteiger partial charge in [-0.2, -0.15) is 0 Å². The van der Waals surface area contributed by atoms with Crippen molar-refractivity contribution in [1.82, 2.24) is 9.97 Å². The maximum Gasteiger partial charge on any atom is 0.514 e. The highest BCUT2D eigenvalue weighted by atomic mass is 16.7. The monoisotopic (exact) mass is 328 g/mol. The summed E-state index contributed by atoms with van der Waals surface area (Å²) in [4.78, 5) is 32.8. The molecular weight excluding hydrogens is 308 g/mol. The van der Waals surface area contributed by atoms with Crippen molar-refractivity contribution in [3.63, 3.8) is 0 Å². The minimum atomic E-state index is -0.933. The lowest BCUT2D eigenvalue weighted by Gasteiger charge is -2.19. The number of hydrogen-bond acceptors (Lipinski definition) is 6. The summed E-state index contributed by atoms with van der Waals surface area (Å²) in [6, 6.07) is 6.28. The number of carbonyl (C=O) groups excluding carboxylic acids is 1. The second-order valence-electron chi connectivity index (χ2n) is 6.31. The fourth-order valence-corrected chi connectivity index (χ4v) is 2.10. The molecule has 2 rings (SSSR count). The van der Waals surface area contributed by atoms with Crippen molar-refractivity contribution in [1.29, 1.82) is 0 Å². The fraction of sp³-hybridized carbons (Fsp3) is 0.333. The van der Waals surface area contributed by atoms with Gasteiger partial charge in [0.05, 0.1) is 0 Å². The van der Waals surface area contributed by atoms with Crippen LogP contribution in [0.4, 0.5) is 4.79 Å². The molecule has 0 atom stereocenters. The summed E-state index contributed by atoms with van der Waals surface area (Å²) in [5.41, 5.74) is 0.587. The first kappa shape index (κ1) is 17.6. The van der Waals surface area contributed by atoms with Gasteiger partial charge < -0.3 is 9.47 Å². The molecule has 6 heteroatoms. The van der Waals surface area contributed by atoms with Gasteiger partial charge >= 0.3 is 6.16 Å². The van der Waals surface area contributed by atoms with E-state index in [9.17, 15) is 9.59 Å². The highest BCUT2D eigenvalue weighted by Crippen LogP contribution is 2.28. The van der Waals surface area contributed by atoms with E-state index in [1.54, 1.807) is 59.0 Å². The van der Waals surface area contributed by atoms with Crippen LogP contribution >= 0.6 is 0 Å². The molecule has 1 aromatic heterocycles. The molecule has 0 unspecified atom stereocenters. The first-order valence-electron chi connectivity index (χ1n) is 7.52. The lowest BCUT2D eigenvalue weighted by Crippen LogP contribution is -2.27. The van der Waals surface area contributed by atoms with Crippen molar-refractivity contribution in [3.8, 4) is 16.9 Å². The third-order valence-electron chi connectivity index (χ3n) is 3.05. The van der Waals surface area contributed by atoms with E-state index in [1.165, 1.54) is 6.07 Å². The Morgan fingerprint density at radius 2 is 1.75 bits per heavy atom. The molecule has 0 saturated carbocycles. The van der Waals surface area contributed by atoms with Gasteiger partial charge in [0, 0.05) is 23.0 Å². The first-order chi connectivity index (χ1) is 11.2. The Balaban J connectivity index is 2.54. The Morgan fingerprint density at radius 1 is 1.08 bits per heavy atom. The number of hydrogen-bond donors (Lipinski definition) is 0. The van der Waals surface area contributed by atoms with E-state index in [2.05, 4.69) is 9.97 Å². The molecule has 0 bridgehead atoms. The molecule has 0 aliphatic heterocycles. The van der Waals surface area contributed by atoms with Crippen LogP contribution in [0.5, 0.6) is 5.75 Å². The van der Waals surface area contributed by atoms with Gasteiger partial charge in [-0.05, 0) is 40.7 Å². The van der Waals surface area contributed by atoms with Crippen molar-refractivity contribution < 1.29 is 14.3 Å². The minimum Gasteiger partial charge on any atom is -0.428 e. The van der Waals surface area contributed by atoms with Gasteiger partial charge in [-0.3, -0.25) is 4.79 Å². The van der Waals surface area contributed by atoms with Gasteiger partial charge in [0.15, 0.2) is 5.75 Å². The topological polar surface area (TPSA) is 78.4 Å². The van der Waals surface area contributed by atoms with E-state index in [0.29, 0.717) is 22.6 Å². The maximum absolute atomic E-state index is 12.3. The lowest BCUT2D eigenvalue weighted by atomic mass is 10.1. The van der Waals surface area contributed by atoms with Crippen molar-refractivity contribution in [2.45, 2.75) is 40.2 Å². The zero-order valence-electron chi connectivity index (χ0n) is 14.4. The smallest absolute Gasteiger partial charge is 0.428 e. The van der Waals surface area contributed by atoms with Crippen LogP contribution in [0.3, 0.4) is 0 Å². The Morgan fingerprint density at radius 3 is 2.38 bits per heavy atom. The number of aromatic nitrogens is 2. The molecule has 1 aromatic carbocycles. The van der Waals surface area contributed by atoms with Crippen LogP contribution in [0.25, 0.3) is 11.1 Å². The number of aryl methyl sites for hydroxylation is 2. The van der Waals surface area contributed by atoms with E-state index < -0.39 is 17.2 Å². The molecule has 6 nitrogen and oxygen atoms in total. The van der Waals surface area contributed by atoms with Crippen molar-refractivity contribution in [2.75, 3.05) is 0 Å². The summed E-state index contributed by atoms with van der Waals surface area (Å²) in [5.74, 6) is 0.512. The zero-order valence-corrected chi connectivity index (χ0v) is 14.4. The molecule has 0 spiro atoms. The molecule has 0 amide bonds. The average Bonchev–Trinajstić information content (AvgIpc) is 2.60. The van der Waals surface area contributed by atoms with Crippen LogP contribution in [-0.4, -0.2) is 21.7 Å². The largest absolute Gasteiger partial charge is 0.514 e. The molecule has 126 valence electrons. The fourth-order valence-electron chi connectivity index (χ4n) is 2.10. The van der Waals surface area contributed by atoms with Crippen LogP contribution < -0.4 is 10.2 Å². The average molecular weight is 328 g/mol. The number of carbonyl (C=O) groups is 1. The molecule has 0 fully saturated rings. The van der Waals surface area contributed by atoms with Gasteiger partial charge in [0.2, 0.25) is 5.43 Å². The lowest BCUT2D eigenvalue weighted by molar-refractivity contribution is 0.0205. The summed E-state index contributed by atoms with van der Waals surface area (Å²) in [6.07, 6.45) is 0.673. The third-order valence-corrected chi connectivity index (χ3v) is 3.05. The van der Waals surface area contributed by atoms with E-state index in [-0.39, 0.29) is 5.75 Å². The Labute approximate surface area is 140 Å². The van der Waals surface area contributed by atoms with E-state index >= 15 is 0 Å². The molecule has 0 N–H and O–H groups in total. The summed E-state index contributed by atoms with van der Waals surface area (Å²) in [7, 11) is 0. The van der Waals surface area contributed by atoms with E-state index in [1.807, 2.05) is 0 Å². The highest BCUT2D eigenvalue weighted by molar-refractivity contribution is 5.75. The zero-order chi connectivity index (χ0) is 17.9. The summed E-state index contributed by atoms with van der Waals surface area (Å²) in [5, 5.41) is 0. The molecule has 24 heavy (non-hydrogen) atoms. The van der Waals surface area contributed by atoms with Gasteiger partial charge in [0.1, 0.15) is 11.4 Å². The molecule has 2 aromatic rings. The van der Waals surface area contributed by atoms with Gasteiger partial charge in [-0.1, -0.05) is 18.2 Å². The Bertz CT molecular complexity index is 826. The summed E-state index contributed by atoms with van der Waals surface area (Å²) in [6.45, 7) is 8.74. The van der Waals surface area contributed by atoms with Crippen molar-refractivity contribution >= 4 is 6.16 Å². The molecule has 0 saturated heterocycles. The quantitative estimate of drug-likeness (QED) is 0.786. The van der Waals surface area contributed by atoms with Crippen LogP contribution in [0.1, 0.15) is 32.3 Å². The summed E-state index contributed by atoms with van der Waals surface area (Å²) >= 11 is 0. The number of rotatable bonds is 2. The Hall–Kier alpha value is -2.76. The van der Waals surface area contributed by atoms with Crippen LogP contribution in [-0.2, 0) is 4.74 Å². The first-order valence-corrected chi connectivity index (χ1v) is 7.52. The third kappa shape index (κ3) is 4.38. The minimum absolute atomic E-state index is 0.107. The Kier molecular flexibility index (Phi) is 4.97. The van der Waals surface area contributed by atoms with E-state index in [4.69, 9.17) is 9.47 Å². The van der Waals surface area contributed by atoms with Gasteiger partial charge in [-0.15, -0.1) is 0 Å². The van der Waals surface area contributed by atoms with Crippen molar-refractivity contribution in [3.05, 3.63) is 52.2 Å². The molecule has 0 aliphatic carbocycles. The second-order valence-corrected chi connectivity index (χ2v) is 6.31. The number of nitrogens with zero attached hydrogens (tertiary/aromatic N) is 2. The van der Waals surface area contributed by atoms with Gasteiger partial charge in [0.25, 0.3) is 0 Å². The maximum atomic E-state index is 12.3. The van der Waals surface area contributed by atoms with Crippen molar-refractivity contribution in [2.24, 2.45) is 0 Å². The van der Waals surface area contributed by atoms with Crippen LogP contribution in [0.2, 0.25) is 0 Å². The van der Waals surface area contributed by atoms with Gasteiger partial charge in [-0.25, -0.2) is 14.8 Å². The normalized spacial score (nSPS) is 11.0. The molecule has 0 aliphatic rings. The van der Waals surface area contributed by atoms with E-state index in [0.717, 1.165) is 0 Å². The predicted octanol–water partition coefficient (Wildman–Crippen LogP) is 3.43. The van der Waals surface area contributed by atoms with Crippen LogP contribution in [0, 0.1) is 13.8 Å². The molecular formula is C18H20N2O4. The predicted molar refractivity (Wildman–Crippen MR) is 90.1 cm³/mol. The standard InChI is InChI=1S/C18H20N2O4/c1-11-14(10-19-12(2)20-11)13-8-6-7-9-15(21)16(13)23-17(22)24-18(3,4)5/h6-10H,1-5H3. The molecule has 0 radical (unpaired) electrons. The summed E-state index contributed by atoms with van der Waals surface area (Å²) < 4.78 is 10.4. The molecule has 1 heterocycles. The number of ether oxygens (including phenoxy) is 2.